The standard InChI is InChI=1S/C23H25FN4O4/c1-4-13-28-14(2)19(21(29)32-3)20(27-23(28)31)15-9-11-16(12-10-15)25-22(30)26-18-8-6-5-7-17(18)24/h5-12,20H,4,13H2,1-3H3,(H,27,31)(H2,25,26,30)/t20-/m1/s1. The summed E-state index contributed by atoms with van der Waals surface area (Å²) in [6, 6.07) is 10.9. The van der Waals surface area contributed by atoms with Crippen LogP contribution in [-0.4, -0.2) is 36.6 Å². The maximum absolute atomic E-state index is 13.7. The number of halogens is 1. The number of carbonyl (C=O) groups excluding carboxylic acids is 3. The van der Waals surface area contributed by atoms with Crippen molar-refractivity contribution in [3.8, 4) is 0 Å². The van der Waals surface area contributed by atoms with Crippen molar-refractivity contribution in [1.29, 1.82) is 0 Å². The Morgan fingerprint density at radius 3 is 2.44 bits per heavy atom. The highest BCUT2D eigenvalue weighted by atomic mass is 19.1. The number of urea groups is 2. The summed E-state index contributed by atoms with van der Waals surface area (Å²) in [5.41, 5.74) is 2.05. The number of allylic oxidation sites excluding steroid dienone is 1. The Morgan fingerprint density at radius 2 is 1.81 bits per heavy atom. The lowest BCUT2D eigenvalue weighted by atomic mass is 9.94. The maximum Gasteiger partial charge on any atom is 0.337 e. The molecule has 2 aromatic rings. The first-order chi connectivity index (χ1) is 15.3. The van der Waals surface area contributed by atoms with Gasteiger partial charge in [-0.05, 0) is 43.2 Å². The van der Waals surface area contributed by atoms with Gasteiger partial charge in [-0.25, -0.2) is 18.8 Å². The first kappa shape index (κ1) is 22.8. The summed E-state index contributed by atoms with van der Waals surface area (Å²) in [4.78, 5) is 38.7. The van der Waals surface area contributed by atoms with E-state index in [-0.39, 0.29) is 11.7 Å². The largest absolute Gasteiger partial charge is 0.466 e. The molecule has 0 bridgehead atoms. The van der Waals surface area contributed by atoms with Gasteiger partial charge in [-0.1, -0.05) is 31.2 Å². The molecule has 0 radical (unpaired) electrons. The number of para-hydroxylation sites is 1. The van der Waals surface area contributed by atoms with Gasteiger partial charge in [-0.15, -0.1) is 0 Å². The molecule has 1 aliphatic rings. The van der Waals surface area contributed by atoms with Crippen molar-refractivity contribution in [1.82, 2.24) is 10.2 Å². The first-order valence-corrected chi connectivity index (χ1v) is 10.1. The summed E-state index contributed by atoms with van der Waals surface area (Å²) in [7, 11) is 1.29. The molecule has 1 atom stereocenters. The van der Waals surface area contributed by atoms with Crippen molar-refractivity contribution in [3.05, 3.63) is 71.2 Å². The van der Waals surface area contributed by atoms with Crippen molar-refractivity contribution in [2.45, 2.75) is 26.3 Å². The Bertz CT molecular complexity index is 1050. The zero-order valence-electron chi connectivity index (χ0n) is 18.1. The van der Waals surface area contributed by atoms with Gasteiger partial charge in [0.1, 0.15) is 5.82 Å². The van der Waals surface area contributed by atoms with Crippen LogP contribution in [0.15, 0.2) is 59.8 Å². The van der Waals surface area contributed by atoms with Crippen LogP contribution in [0, 0.1) is 5.82 Å². The number of carbonyl (C=O) groups is 3. The second-order valence-electron chi connectivity index (χ2n) is 7.21. The molecule has 168 valence electrons. The third kappa shape index (κ3) is 4.88. The molecular weight excluding hydrogens is 415 g/mol. The van der Waals surface area contributed by atoms with Crippen LogP contribution < -0.4 is 16.0 Å². The van der Waals surface area contributed by atoms with Crippen LogP contribution >= 0.6 is 0 Å². The minimum absolute atomic E-state index is 0.0616. The molecule has 9 heteroatoms. The van der Waals surface area contributed by atoms with E-state index in [4.69, 9.17) is 4.74 Å². The Morgan fingerprint density at radius 1 is 1.12 bits per heavy atom. The summed E-state index contributed by atoms with van der Waals surface area (Å²) in [6.45, 7) is 4.14. The molecular formula is C23H25FN4O4. The molecule has 0 unspecified atom stereocenters. The normalized spacial score (nSPS) is 15.8. The van der Waals surface area contributed by atoms with Crippen LogP contribution in [0.4, 0.5) is 25.4 Å². The van der Waals surface area contributed by atoms with Crippen LogP contribution in [0.1, 0.15) is 31.9 Å². The second kappa shape index (κ2) is 9.95. The van der Waals surface area contributed by atoms with Crippen LogP contribution in [0.5, 0.6) is 0 Å². The van der Waals surface area contributed by atoms with Crippen LogP contribution in [0.3, 0.4) is 0 Å². The minimum atomic E-state index is -0.690. The van der Waals surface area contributed by atoms with E-state index in [9.17, 15) is 18.8 Å². The summed E-state index contributed by atoms with van der Waals surface area (Å²) in [6.07, 6.45) is 0.735. The average Bonchev–Trinajstić information content (AvgIpc) is 2.78. The number of nitrogens with zero attached hydrogens (tertiary/aromatic N) is 1. The Labute approximate surface area is 185 Å². The molecule has 0 aromatic heterocycles. The predicted octanol–water partition coefficient (Wildman–Crippen LogP) is 4.39. The molecule has 0 saturated heterocycles. The average molecular weight is 440 g/mol. The van der Waals surface area contributed by atoms with E-state index < -0.39 is 23.9 Å². The Hall–Kier alpha value is -3.88. The molecule has 0 aliphatic carbocycles. The van der Waals surface area contributed by atoms with Crippen LogP contribution in [0.25, 0.3) is 0 Å². The number of rotatable bonds is 6. The fourth-order valence-corrected chi connectivity index (χ4v) is 3.50. The predicted molar refractivity (Wildman–Crippen MR) is 118 cm³/mol. The molecule has 32 heavy (non-hydrogen) atoms. The van der Waals surface area contributed by atoms with Crippen molar-refractivity contribution < 1.29 is 23.5 Å². The molecule has 1 aliphatic heterocycles. The molecule has 8 nitrogen and oxygen atoms in total. The van der Waals surface area contributed by atoms with Crippen LogP contribution in [0.2, 0.25) is 0 Å². The monoisotopic (exact) mass is 440 g/mol. The van der Waals surface area contributed by atoms with E-state index in [1.54, 1.807) is 37.3 Å². The van der Waals surface area contributed by atoms with Gasteiger partial charge in [0, 0.05) is 17.9 Å². The molecule has 1 heterocycles. The number of methoxy groups -OCH3 is 1. The van der Waals surface area contributed by atoms with Gasteiger partial charge < -0.3 is 20.7 Å². The quantitative estimate of drug-likeness (QED) is 0.580. The van der Waals surface area contributed by atoms with Crippen molar-refractivity contribution in [3.63, 3.8) is 0 Å². The van der Waals surface area contributed by atoms with Crippen LogP contribution in [-0.2, 0) is 9.53 Å². The molecule has 0 spiro atoms. The van der Waals surface area contributed by atoms with Crippen molar-refractivity contribution in [2.24, 2.45) is 0 Å². The van der Waals surface area contributed by atoms with Gasteiger partial charge in [0.05, 0.1) is 24.4 Å². The lowest BCUT2D eigenvalue weighted by molar-refractivity contribution is -0.136. The number of hydrogen-bond donors (Lipinski definition) is 3. The number of amides is 4. The SMILES string of the molecule is CCCN1C(=O)N[C@H](c2ccc(NC(=O)Nc3ccccc3F)cc2)C(C(=O)OC)=C1C. The van der Waals surface area contributed by atoms with Crippen molar-refractivity contribution in [2.75, 3.05) is 24.3 Å². The fraction of sp³-hybridized carbons (Fsp3) is 0.261. The molecule has 2 aromatic carbocycles. The summed E-state index contributed by atoms with van der Waals surface area (Å²) < 4.78 is 18.6. The third-order valence-electron chi connectivity index (χ3n) is 5.07. The zero-order valence-corrected chi connectivity index (χ0v) is 18.1. The van der Waals surface area contributed by atoms with Gasteiger partial charge in [0.25, 0.3) is 0 Å². The number of nitrogens with one attached hydrogen (secondary N) is 3. The minimum Gasteiger partial charge on any atom is -0.466 e. The van der Waals surface area contributed by atoms with E-state index in [0.29, 0.717) is 29.1 Å². The number of esters is 1. The summed E-state index contributed by atoms with van der Waals surface area (Å²) in [5.74, 6) is -1.07. The number of anilines is 2. The second-order valence-corrected chi connectivity index (χ2v) is 7.21. The zero-order chi connectivity index (χ0) is 23.3. The molecule has 3 N–H and O–H groups in total. The highest BCUT2D eigenvalue weighted by molar-refractivity contribution is 6.00. The van der Waals surface area contributed by atoms with Gasteiger partial charge in [0.2, 0.25) is 0 Å². The first-order valence-electron chi connectivity index (χ1n) is 10.1. The Balaban J connectivity index is 1.79. The number of ether oxygens (including phenoxy) is 1. The Kier molecular flexibility index (Phi) is 7.09. The van der Waals surface area contributed by atoms with E-state index >= 15 is 0 Å². The van der Waals surface area contributed by atoms with Gasteiger partial charge in [0.15, 0.2) is 0 Å². The number of hydrogen-bond acceptors (Lipinski definition) is 4. The maximum atomic E-state index is 13.7. The molecule has 0 fully saturated rings. The van der Waals surface area contributed by atoms with Gasteiger partial charge in [-0.2, -0.15) is 0 Å². The van der Waals surface area contributed by atoms with Gasteiger partial charge >= 0.3 is 18.0 Å². The third-order valence-corrected chi connectivity index (χ3v) is 5.07. The highest BCUT2D eigenvalue weighted by Crippen LogP contribution is 2.32. The fourth-order valence-electron chi connectivity index (χ4n) is 3.50. The van der Waals surface area contributed by atoms with E-state index in [0.717, 1.165) is 6.42 Å². The lowest BCUT2D eigenvalue weighted by Gasteiger charge is -2.35. The lowest BCUT2D eigenvalue weighted by Crippen LogP contribution is -2.48. The van der Waals surface area contributed by atoms with E-state index in [2.05, 4.69) is 16.0 Å². The highest BCUT2D eigenvalue weighted by Gasteiger charge is 2.35. The molecule has 0 saturated carbocycles. The van der Waals surface area contributed by atoms with Gasteiger partial charge in [-0.3, -0.25) is 4.90 Å². The van der Waals surface area contributed by atoms with Crippen molar-refractivity contribution >= 4 is 29.4 Å². The topological polar surface area (TPSA) is 99.8 Å². The number of benzene rings is 2. The summed E-state index contributed by atoms with van der Waals surface area (Å²) in [5, 5.41) is 7.91. The molecule has 3 rings (SSSR count). The van der Waals surface area contributed by atoms with E-state index in [1.165, 1.54) is 30.2 Å². The smallest absolute Gasteiger partial charge is 0.337 e. The summed E-state index contributed by atoms with van der Waals surface area (Å²) >= 11 is 0. The van der Waals surface area contributed by atoms with E-state index in [1.807, 2.05) is 6.92 Å². The molecule has 4 amide bonds.